The van der Waals surface area contributed by atoms with Crippen molar-refractivity contribution in [2.75, 3.05) is 11.5 Å². The second-order valence-corrected chi connectivity index (χ2v) is 6.64. The zero-order chi connectivity index (χ0) is 18.0. The summed E-state index contributed by atoms with van der Waals surface area (Å²) in [6, 6.07) is 8.79. The van der Waals surface area contributed by atoms with Crippen LogP contribution in [0.3, 0.4) is 0 Å². The molecule has 0 atom stereocenters. The van der Waals surface area contributed by atoms with Crippen LogP contribution in [0.5, 0.6) is 23.0 Å². The van der Waals surface area contributed by atoms with Crippen molar-refractivity contribution in [2.45, 2.75) is 0 Å². The zero-order valence-electron chi connectivity index (χ0n) is 13.1. The number of thioether (sulfide) groups is 1. The quantitative estimate of drug-likeness (QED) is 0.487. The minimum atomic E-state index is -0.236. The first-order chi connectivity index (χ1) is 11.9. The molecule has 1 aliphatic rings. The van der Waals surface area contributed by atoms with Gasteiger partial charge >= 0.3 is 0 Å². The molecule has 1 saturated heterocycles. The molecule has 0 bridgehead atoms. The van der Waals surface area contributed by atoms with Crippen molar-refractivity contribution in [2.24, 2.45) is 0 Å². The van der Waals surface area contributed by atoms with Gasteiger partial charge in [0.1, 0.15) is 0 Å². The molecule has 0 saturated carbocycles. The molecule has 25 heavy (non-hydrogen) atoms. The highest BCUT2D eigenvalue weighted by atomic mass is 32.2. The molecule has 4 N–H and O–H groups in total. The molecule has 3 rings (SSSR count). The van der Waals surface area contributed by atoms with Crippen molar-refractivity contribution in [3.63, 3.8) is 0 Å². The van der Waals surface area contributed by atoms with Gasteiger partial charge in [-0.1, -0.05) is 12.1 Å². The van der Waals surface area contributed by atoms with E-state index in [1.165, 1.54) is 24.3 Å². The third-order valence-corrected chi connectivity index (χ3v) is 4.81. The fourth-order valence-electron chi connectivity index (χ4n) is 2.49. The highest BCUT2D eigenvalue weighted by Gasteiger charge is 2.21. The summed E-state index contributed by atoms with van der Waals surface area (Å²) in [5, 5.41) is 37.9. The second kappa shape index (κ2) is 6.94. The van der Waals surface area contributed by atoms with Crippen molar-refractivity contribution in [1.29, 1.82) is 0 Å². The number of benzene rings is 2. The first-order valence-electron chi connectivity index (χ1n) is 7.51. The Balaban J connectivity index is 1.89. The summed E-state index contributed by atoms with van der Waals surface area (Å²) in [7, 11) is 0. The van der Waals surface area contributed by atoms with Crippen molar-refractivity contribution in [3.05, 3.63) is 58.7 Å². The average molecular weight is 356 g/mol. The molecule has 0 radical (unpaired) electrons. The predicted molar refractivity (Wildman–Crippen MR) is 97.8 cm³/mol. The largest absolute Gasteiger partial charge is 0.504 e. The van der Waals surface area contributed by atoms with E-state index in [-0.39, 0.29) is 28.8 Å². The molecule has 0 aliphatic carbocycles. The number of rotatable bonds is 2. The van der Waals surface area contributed by atoms with E-state index in [0.717, 1.165) is 0 Å². The van der Waals surface area contributed by atoms with Crippen LogP contribution in [-0.2, 0) is 4.79 Å². The molecule has 2 aromatic carbocycles. The van der Waals surface area contributed by atoms with Gasteiger partial charge in [-0.05, 0) is 47.5 Å². The zero-order valence-corrected chi connectivity index (χ0v) is 14.0. The minimum absolute atomic E-state index is 0.0983. The van der Waals surface area contributed by atoms with Crippen LogP contribution >= 0.6 is 11.8 Å². The Hall–Kier alpha value is -2.86. The summed E-state index contributed by atoms with van der Waals surface area (Å²) >= 11 is 1.59. The standard InChI is InChI=1S/C19H16O5S/c20-15-3-1-11(7-17(15)22)5-13-9-25-10-14(19(13)24)6-12-2-4-16(21)18(23)8-12/h1-8,20-23H,9-10H2. The van der Waals surface area contributed by atoms with Crippen LogP contribution in [-0.4, -0.2) is 37.7 Å². The number of Topliss-reactive ketones (excluding diaryl/α,β-unsaturated/α-hetero) is 1. The Bertz CT molecular complexity index is 827. The molecule has 0 aromatic heterocycles. The lowest BCUT2D eigenvalue weighted by Gasteiger charge is -2.16. The molecular weight excluding hydrogens is 340 g/mol. The highest BCUT2D eigenvalue weighted by molar-refractivity contribution is 7.99. The molecule has 6 heteroatoms. The van der Waals surface area contributed by atoms with E-state index in [1.807, 2.05) is 0 Å². The van der Waals surface area contributed by atoms with E-state index in [1.54, 1.807) is 36.0 Å². The molecule has 0 unspecified atom stereocenters. The molecule has 0 spiro atoms. The Morgan fingerprint density at radius 3 is 1.56 bits per heavy atom. The van der Waals surface area contributed by atoms with Crippen LogP contribution < -0.4 is 0 Å². The fourth-order valence-corrected chi connectivity index (χ4v) is 3.46. The lowest BCUT2D eigenvalue weighted by Crippen LogP contribution is -2.16. The molecular formula is C19H16O5S. The predicted octanol–water partition coefficient (Wildman–Crippen LogP) is 3.29. The normalized spacial score (nSPS) is 18.0. The summed E-state index contributed by atoms with van der Waals surface area (Å²) in [6.07, 6.45) is 3.38. The smallest absolute Gasteiger partial charge is 0.186 e. The number of carbonyl (C=O) groups excluding carboxylic acids is 1. The molecule has 1 heterocycles. The molecule has 128 valence electrons. The highest BCUT2D eigenvalue weighted by Crippen LogP contribution is 2.31. The number of phenolic OH excluding ortho intramolecular Hbond substituents is 4. The van der Waals surface area contributed by atoms with Gasteiger partial charge in [-0.25, -0.2) is 0 Å². The first kappa shape index (κ1) is 17.0. The number of hydrogen-bond acceptors (Lipinski definition) is 6. The number of carbonyl (C=O) groups is 1. The maximum Gasteiger partial charge on any atom is 0.186 e. The van der Waals surface area contributed by atoms with Crippen LogP contribution in [0.2, 0.25) is 0 Å². The van der Waals surface area contributed by atoms with Crippen LogP contribution in [0, 0.1) is 0 Å². The van der Waals surface area contributed by atoms with Gasteiger partial charge in [-0.15, -0.1) is 0 Å². The van der Waals surface area contributed by atoms with Crippen molar-refractivity contribution in [1.82, 2.24) is 0 Å². The third-order valence-electron chi connectivity index (χ3n) is 3.78. The molecule has 2 aromatic rings. The van der Waals surface area contributed by atoms with Crippen LogP contribution in [0.1, 0.15) is 11.1 Å². The first-order valence-corrected chi connectivity index (χ1v) is 8.67. The summed E-state index contributed by atoms with van der Waals surface area (Å²) < 4.78 is 0. The van der Waals surface area contributed by atoms with Gasteiger partial charge in [-0.2, -0.15) is 11.8 Å². The molecule has 5 nitrogen and oxygen atoms in total. The van der Waals surface area contributed by atoms with Crippen LogP contribution in [0.25, 0.3) is 12.2 Å². The van der Waals surface area contributed by atoms with E-state index >= 15 is 0 Å². The summed E-state index contributed by atoms with van der Waals surface area (Å²) in [5.74, 6) is 0.121. The second-order valence-electron chi connectivity index (χ2n) is 5.66. The summed E-state index contributed by atoms with van der Waals surface area (Å²) in [6.45, 7) is 0. The third kappa shape index (κ3) is 3.80. The van der Waals surface area contributed by atoms with E-state index in [9.17, 15) is 25.2 Å². The number of ketones is 1. The average Bonchev–Trinajstić information content (AvgIpc) is 2.58. The topological polar surface area (TPSA) is 98.0 Å². The Morgan fingerprint density at radius 2 is 1.16 bits per heavy atom. The molecule has 1 fully saturated rings. The van der Waals surface area contributed by atoms with Gasteiger partial charge in [-0.3, -0.25) is 4.79 Å². The maximum absolute atomic E-state index is 12.7. The monoisotopic (exact) mass is 356 g/mol. The number of hydrogen-bond donors (Lipinski definition) is 4. The van der Waals surface area contributed by atoms with Gasteiger partial charge < -0.3 is 20.4 Å². The maximum atomic E-state index is 12.7. The van der Waals surface area contributed by atoms with Crippen molar-refractivity contribution in [3.8, 4) is 23.0 Å². The lowest BCUT2D eigenvalue weighted by molar-refractivity contribution is -0.112. The number of aromatic hydroxyl groups is 4. The molecule has 0 amide bonds. The molecule has 1 aliphatic heterocycles. The Labute approximate surface area is 148 Å². The van der Waals surface area contributed by atoms with Gasteiger partial charge in [0.05, 0.1) is 0 Å². The Kier molecular flexibility index (Phi) is 4.72. The van der Waals surface area contributed by atoms with Gasteiger partial charge in [0, 0.05) is 22.7 Å². The number of phenols is 4. The van der Waals surface area contributed by atoms with E-state index in [0.29, 0.717) is 33.8 Å². The SMILES string of the molecule is O=C1C(=Cc2ccc(O)c(O)c2)CSCC1=Cc1ccc(O)c(O)c1. The van der Waals surface area contributed by atoms with E-state index < -0.39 is 0 Å². The van der Waals surface area contributed by atoms with E-state index in [2.05, 4.69) is 0 Å². The lowest BCUT2D eigenvalue weighted by atomic mass is 10.0. The van der Waals surface area contributed by atoms with Gasteiger partial charge in [0.25, 0.3) is 0 Å². The van der Waals surface area contributed by atoms with Crippen molar-refractivity contribution >= 4 is 29.7 Å². The van der Waals surface area contributed by atoms with Crippen molar-refractivity contribution < 1.29 is 25.2 Å². The fraction of sp³-hybridized carbons (Fsp3) is 0.105. The van der Waals surface area contributed by atoms with E-state index in [4.69, 9.17) is 0 Å². The minimum Gasteiger partial charge on any atom is -0.504 e. The summed E-state index contributed by atoms with van der Waals surface area (Å²) in [4.78, 5) is 12.7. The van der Waals surface area contributed by atoms with Crippen LogP contribution in [0.15, 0.2) is 47.5 Å². The Morgan fingerprint density at radius 1 is 0.720 bits per heavy atom. The van der Waals surface area contributed by atoms with Crippen LogP contribution in [0.4, 0.5) is 0 Å². The van der Waals surface area contributed by atoms with Gasteiger partial charge in [0.2, 0.25) is 0 Å². The van der Waals surface area contributed by atoms with Gasteiger partial charge in [0.15, 0.2) is 28.8 Å². The summed E-state index contributed by atoms with van der Waals surface area (Å²) in [5.41, 5.74) is 2.44.